The molecule has 0 bridgehead atoms. The molecule has 0 heterocycles. The van der Waals surface area contributed by atoms with Crippen LogP contribution < -0.4 is 5.32 Å². The van der Waals surface area contributed by atoms with Gasteiger partial charge in [-0.1, -0.05) is 34.1 Å². The first-order valence-corrected chi connectivity index (χ1v) is 5.35. The Morgan fingerprint density at radius 3 is 2.31 bits per heavy atom. The molecule has 2 nitrogen and oxygen atoms in total. The summed E-state index contributed by atoms with van der Waals surface area (Å²) in [7, 11) is 0. The third-order valence-corrected chi connectivity index (χ3v) is 2.17. The van der Waals surface area contributed by atoms with E-state index in [0.717, 1.165) is 25.8 Å². The Labute approximate surface area is 82.1 Å². The number of carbonyl (C=O) groups excluding carboxylic acids is 1. The third kappa shape index (κ3) is 6.62. The zero-order valence-corrected chi connectivity index (χ0v) is 9.39. The highest BCUT2D eigenvalue weighted by atomic mass is 16.1. The molecule has 0 saturated carbocycles. The van der Waals surface area contributed by atoms with Gasteiger partial charge in [-0.15, -0.1) is 0 Å². The zero-order chi connectivity index (χ0) is 10.3. The molecule has 0 aliphatic carbocycles. The van der Waals surface area contributed by atoms with Gasteiger partial charge in [0, 0.05) is 12.5 Å². The summed E-state index contributed by atoms with van der Waals surface area (Å²) >= 11 is 0. The first-order valence-electron chi connectivity index (χ1n) is 5.35. The van der Waals surface area contributed by atoms with E-state index >= 15 is 0 Å². The minimum atomic E-state index is 0.175. The lowest BCUT2D eigenvalue weighted by molar-refractivity contribution is -0.124. The second kappa shape index (κ2) is 6.93. The second-order valence-electron chi connectivity index (χ2n) is 4.16. The van der Waals surface area contributed by atoms with E-state index in [0.29, 0.717) is 5.92 Å². The van der Waals surface area contributed by atoms with Gasteiger partial charge in [0.25, 0.3) is 0 Å². The lowest BCUT2D eigenvalue weighted by atomic mass is 9.99. The Hall–Kier alpha value is -0.530. The fraction of sp³-hybridized carbons (Fsp3) is 0.909. The molecule has 0 fully saturated rings. The Bertz CT molecular complexity index is 143. The van der Waals surface area contributed by atoms with Crippen molar-refractivity contribution in [3.05, 3.63) is 0 Å². The number of rotatable bonds is 6. The van der Waals surface area contributed by atoms with E-state index < -0.39 is 0 Å². The van der Waals surface area contributed by atoms with Crippen LogP contribution in [0.3, 0.4) is 0 Å². The van der Waals surface area contributed by atoms with Crippen LogP contribution in [0.2, 0.25) is 0 Å². The van der Waals surface area contributed by atoms with E-state index in [-0.39, 0.29) is 11.8 Å². The quantitative estimate of drug-likeness (QED) is 0.677. The molecule has 0 rings (SSSR count). The molecule has 0 radical (unpaired) electrons. The van der Waals surface area contributed by atoms with Crippen LogP contribution in [-0.4, -0.2) is 12.5 Å². The Balaban J connectivity index is 3.57. The smallest absolute Gasteiger partial charge is 0.222 e. The van der Waals surface area contributed by atoms with Crippen LogP contribution in [0.25, 0.3) is 0 Å². The maximum absolute atomic E-state index is 11.4. The molecule has 0 saturated heterocycles. The standard InChI is InChI=1S/C11H23NO/c1-5-8-12-11(13)10(4)7-6-9(2)3/h9-10H,5-8H2,1-4H3,(H,12,13). The molecule has 1 unspecified atom stereocenters. The molecule has 1 amide bonds. The van der Waals surface area contributed by atoms with Crippen LogP contribution in [0.1, 0.15) is 47.0 Å². The lowest BCUT2D eigenvalue weighted by Crippen LogP contribution is -2.29. The van der Waals surface area contributed by atoms with Crippen molar-refractivity contribution in [2.24, 2.45) is 11.8 Å². The van der Waals surface area contributed by atoms with Gasteiger partial charge in [-0.3, -0.25) is 4.79 Å². The van der Waals surface area contributed by atoms with Gasteiger partial charge in [-0.05, 0) is 18.8 Å². The van der Waals surface area contributed by atoms with E-state index in [4.69, 9.17) is 0 Å². The van der Waals surface area contributed by atoms with Gasteiger partial charge in [-0.25, -0.2) is 0 Å². The van der Waals surface area contributed by atoms with Crippen LogP contribution in [0.4, 0.5) is 0 Å². The van der Waals surface area contributed by atoms with E-state index in [2.05, 4.69) is 26.1 Å². The van der Waals surface area contributed by atoms with Gasteiger partial charge in [0.05, 0.1) is 0 Å². The summed E-state index contributed by atoms with van der Waals surface area (Å²) in [6.45, 7) is 9.27. The summed E-state index contributed by atoms with van der Waals surface area (Å²) in [5.41, 5.74) is 0. The van der Waals surface area contributed by atoms with Crippen LogP contribution in [0, 0.1) is 11.8 Å². The summed E-state index contributed by atoms with van der Waals surface area (Å²) in [5, 5.41) is 2.92. The lowest BCUT2D eigenvalue weighted by Gasteiger charge is -2.12. The van der Waals surface area contributed by atoms with E-state index in [9.17, 15) is 4.79 Å². The molecule has 78 valence electrons. The average molecular weight is 185 g/mol. The Morgan fingerprint density at radius 1 is 1.23 bits per heavy atom. The summed E-state index contributed by atoms with van der Waals surface area (Å²) in [6, 6.07) is 0. The second-order valence-corrected chi connectivity index (χ2v) is 4.16. The molecular weight excluding hydrogens is 162 g/mol. The van der Waals surface area contributed by atoms with Crippen molar-refractivity contribution in [3.63, 3.8) is 0 Å². The monoisotopic (exact) mass is 185 g/mol. The first kappa shape index (κ1) is 12.5. The van der Waals surface area contributed by atoms with Crippen LogP contribution in [-0.2, 0) is 4.79 Å². The largest absolute Gasteiger partial charge is 0.356 e. The van der Waals surface area contributed by atoms with Gasteiger partial charge < -0.3 is 5.32 Å². The van der Waals surface area contributed by atoms with E-state index in [1.807, 2.05) is 6.92 Å². The molecular formula is C11H23NO. The minimum Gasteiger partial charge on any atom is -0.356 e. The van der Waals surface area contributed by atoms with Crippen molar-refractivity contribution in [2.75, 3.05) is 6.54 Å². The number of hydrogen-bond donors (Lipinski definition) is 1. The Morgan fingerprint density at radius 2 is 1.85 bits per heavy atom. The van der Waals surface area contributed by atoms with Gasteiger partial charge >= 0.3 is 0 Å². The highest BCUT2D eigenvalue weighted by Gasteiger charge is 2.11. The fourth-order valence-electron chi connectivity index (χ4n) is 1.14. The van der Waals surface area contributed by atoms with Crippen molar-refractivity contribution in [1.82, 2.24) is 5.32 Å². The van der Waals surface area contributed by atoms with E-state index in [1.54, 1.807) is 0 Å². The molecule has 0 aromatic carbocycles. The highest BCUT2D eigenvalue weighted by Crippen LogP contribution is 2.11. The molecule has 2 heteroatoms. The first-order chi connectivity index (χ1) is 6.07. The fourth-order valence-corrected chi connectivity index (χ4v) is 1.14. The summed E-state index contributed by atoms with van der Waals surface area (Å²) in [4.78, 5) is 11.4. The van der Waals surface area contributed by atoms with Gasteiger partial charge in [-0.2, -0.15) is 0 Å². The van der Waals surface area contributed by atoms with Crippen LogP contribution >= 0.6 is 0 Å². The van der Waals surface area contributed by atoms with Crippen molar-refractivity contribution in [3.8, 4) is 0 Å². The molecule has 1 atom stereocenters. The van der Waals surface area contributed by atoms with Gasteiger partial charge in [0.2, 0.25) is 5.91 Å². The van der Waals surface area contributed by atoms with Gasteiger partial charge in [0.1, 0.15) is 0 Å². The molecule has 0 aromatic heterocycles. The number of carbonyl (C=O) groups is 1. The van der Waals surface area contributed by atoms with Crippen LogP contribution in [0.5, 0.6) is 0 Å². The molecule has 0 aromatic rings. The van der Waals surface area contributed by atoms with Crippen molar-refractivity contribution in [2.45, 2.75) is 47.0 Å². The molecule has 0 aliphatic rings. The van der Waals surface area contributed by atoms with Gasteiger partial charge in [0.15, 0.2) is 0 Å². The average Bonchev–Trinajstić information content (AvgIpc) is 2.10. The molecule has 0 aliphatic heterocycles. The summed E-state index contributed by atoms with van der Waals surface area (Å²) < 4.78 is 0. The molecule has 0 spiro atoms. The van der Waals surface area contributed by atoms with Crippen molar-refractivity contribution in [1.29, 1.82) is 0 Å². The van der Waals surface area contributed by atoms with E-state index in [1.165, 1.54) is 0 Å². The third-order valence-electron chi connectivity index (χ3n) is 2.17. The minimum absolute atomic E-state index is 0.175. The highest BCUT2D eigenvalue weighted by molar-refractivity contribution is 5.78. The molecule has 1 N–H and O–H groups in total. The van der Waals surface area contributed by atoms with Crippen molar-refractivity contribution < 1.29 is 4.79 Å². The SMILES string of the molecule is CCCNC(=O)C(C)CCC(C)C. The predicted octanol–water partition coefficient (Wildman–Crippen LogP) is 2.58. The van der Waals surface area contributed by atoms with Crippen molar-refractivity contribution >= 4 is 5.91 Å². The number of amides is 1. The number of nitrogens with one attached hydrogen (secondary N) is 1. The zero-order valence-electron chi connectivity index (χ0n) is 9.39. The predicted molar refractivity (Wildman–Crippen MR) is 56.5 cm³/mol. The normalized spacial score (nSPS) is 13.0. The summed E-state index contributed by atoms with van der Waals surface area (Å²) in [6.07, 6.45) is 3.16. The topological polar surface area (TPSA) is 29.1 Å². The maximum atomic E-state index is 11.4. The maximum Gasteiger partial charge on any atom is 0.222 e. The Kier molecular flexibility index (Phi) is 6.65. The number of hydrogen-bond acceptors (Lipinski definition) is 1. The van der Waals surface area contributed by atoms with Crippen LogP contribution in [0.15, 0.2) is 0 Å². The summed E-state index contributed by atoms with van der Waals surface area (Å²) in [5.74, 6) is 1.08. The molecule has 13 heavy (non-hydrogen) atoms.